The zero-order valence-corrected chi connectivity index (χ0v) is 18.6. The first-order valence-corrected chi connectivity index (χ1v) is 11.4. The summed E-state index contributed by atoms with van der Waals surface area (Å²) in [5.41, 5.74) is 7.31. The molecule has 2 heterocycles. The zero-order chi connectivity index (χ0) is 22.2. The Morgan fingerprint density at radius 1 is 0.875 bits per heavy atom. The second-order valence-corrected chi connectivity index (χ2v) is 7.80. The second kappa shape index (κ2) is 10.7. The minimum atomic E-state index is 0.364. The van der Waals surface area contributed by atoms with E-state index in [0.29, 0.717) is 43.3 Å². The maximum atomic E-state index is 6.02. The molecule has 32 heavy (non-hydrogen) atoms. The third-order valence-electron chi connectivity index (χ3n) is 4.57. The molecular formula is C23H25N5O3S. The van der Waals surface area contributed by atoms with Crippen LogP contribution < -0.4 is 19.9 Å². The van der Waals surface area contributed by atoms with Crippen molar-refractivity contribution in [3.63, 3.8) is 0 Å². The topological polar surface area (TPSA) is 97.3 Å². The molecule has 0 unspecified atom stereocenters. The highest BCUT2D eigenvalue weighted by Crippen LogP contribution is 2.25. The number of hydrogen-bond acceptors (Lipinski definition) is 8. The minimum Gasteiger partial charge on any atom is -0.494 e. The van der Waals surface area contributed by atoms with Gasteiger partial charge >= 0.3 is 0 Å². The van der Waals surface area contributed by atoms with E-state index in [4.69, 9.17) is 19.9 Å². The first kappa shape index (κ1) is 21.8. The average molecular weight is 452 g/mol. The van der Waals surface area contributed by atoms with Crippen LogP contribution in [0.5, 0.6) is 17.2 Å². The molecule has 2 aromatic heterocycles. The number of rotatable bonds is 11. The first-order valence-electron chi connectivity index (χ1n) is 10.4. The molecule has 4 rings (SSSR count). The van der Waals surface area contributed by atoms with Gasteiger partial charge in [-0.25, -0.2) is 15.0 Å². The van der Waals surface area contributed by atoms with Gasteiger partial charge < -0.3 is 24.5 Å². The fourth-order valence-electron chi connectivity index (χ4n) is 3.11. The summed E-state index contributed by atoms with van der Waals surface area (Å²) in [5.74, 6) is 3.54. The van der Waals surface area contributed by atoms with Crippen molar-refractivity contribution in [3.8, 4) is 17.2 Å². The highest BCUT2D eigenvalue weighted by Gasteiger charge is 2.15. The van der Waals surface area contributed by atoms with Crippen LogP contribution in [0.3, 0.4) is 0 Å². The van der Waals surface area contributed by atoms with E-state index in [1.165, 1.54) is 6.33 Å². The van der Waals surface area contributed by atoms with E-state index in [1.807, 2.05) is 66.1 Å². The number of thioether (sulfide) groups is 1. The van der Waals surface area contributed by atoms with Gasteiger partial charge in [-0.2, -0.15) is 0 Å². The third kappa shape index (κ3) is 5.42. The fraction of sp³-hybridized carbons (Fsp3) is 0.261. The summed E-state index contributed by atoms with van der Waals surface area (Å²) >= 11 is 1.59. The molecule has 0 saturated heterocycles. The van der Waals surface area contributed by atoms with Crippen molar-refractivity contribution in [1.82, 2.24) is 19.5 Å². The summed E-state index contributed by atoms with van der Waals surface area (Å²) in [6.07, 6.45) is 1.45. The predicted octanol–water partition coefficient (Wildman–Crippen LogP) is 4.06. The van der Waals surface area contributed by atoms with Gasteiger partial charge in [0.1, 0.15) is 30.2 Å². The van der Waals surface area contributed by atoms with Crippen LogP contribution in [0, 0.1) is 0 Å². The Kier molecular flexibility index (Phi) is 7.29. The molecule has 0 atom stereocenters. The van der Waals surface area contributed by atoms with Crippen LogP contribution in [0.1, 0.15) is 6.92 Å². The minimum absolute atomic E-state index is 0.364. The number of para-hydroxylation sites is 1. The van der Waals surface area contributed by atoms with Gasteiger partial charge in [0.25, 0.3) is 0 Å². The quantitative estimate of drug-likeness (QED) is 0.269. The molecule has 8 nitrogen and oxygen atoms in total. The molecule has 2 N–H and O–H groups in total. The van der Waals surface area contributed by atoms with Gasteiger partial charge in [0.15, 0.2) is 22.1 Å². The lowest BCUT2D eigenvalue weighted by atomic mass is 10.3. The molecule has 2 aromatic carbocycles. The maximum Gasteiger partial charge on any atom is 0.170 e. The van der Waals surface area contributed by atoms with Crippen molar-refractivity contribution in [1.29, 1.82) is 0 Å². The number of ether oxygens (including phenoxy) is 3. The van der Waals surface area contributed by atoms with Gasteiger partial charge in [-0.3, -0.25) is 0 Å². The van der Waals surface area contributed by atoms with Crippen LogP contribution in [0.4, 0.5) is 5.82 Å². The summed E-state index contributed by atoms with van der Waals surface area (Å²) in [6, 6.07) is 17.3. The van der Waals surface area contributed by atoms with E-state index in [-0.39, 0.29) is 0 Å². The van der Waals surface area contributed by atoms with Gasteiger partial charge in [-0.05, 0) is 43.3 Å². The molecule has 0 fully saturated rings. The molecule has 0 aliphatic rings. The number of imidazole rings is 1. The van der Waals surface area contributed by atoms with Crippen LogP contribution >= 0.6 is 11.8 Å². The monoisotopic (exact) mass is 451 g/mol. The molecule has 0 aliphatic heterocycles. The largest absolute Gasteiger partial charge is 0.494 e. The number of nitrogens with two attached hydrogens (primary N) is 1. The zero-order valence-electron chi connectivity index (χ0n) is 17.8. The normalized spacial score (nSPS) is 10.9. The smallest absolute Gasteiger partial charge is 0.170 e. The lowest BCUT2D eigenvalue weighted by Gasteiger charge is -2.11. The lowest BCUT2D eigenvalue weighted by Crippen LogP contribution is -2.10. The first-order chi connectivity index (χ1) is 15.7. The van der Waals surface area contributed by atoms with Crippen LogP contribution in [-0.4, -0.2) is 45.1 Å². The number of benzene rings is 2. The van der Waals surface area contributed by atoms with Gasteiger partial charge in [-0.1, -0.05) is 30.0 Å². The summed E-state index contributed by atoms with van der Waals surface area (Å²) < 4.78 is 19.2. The Bertz CT molecular complexity index is 1140. The van der Waals surface area contributed by atoms with Crippen LogP contribution in [0.2, 0.25) is 0 Å². The number of nitrogens with zero attached hydrogens (tertiary/aromatic N) is 4. The van der Waals surface area contributed by atoms with E-state index in [9.17, 15) is 0 Å². The number of hydrogen-bond donors (Lipinski definition) is 1. The molecule has 4 aromatic rings. The average Bonchev–Trinajstić information content (AvgIpc) is 3.18. The number of anilines is 1. The van der Waals surface area contributed by atoms with E-state index in [2.05, 4.69) is 15.0 Å². The Labute approximate surface area is 190 Å². The van der Waals surface area contributed by atoms with Crippen LogP contribution in [0.15, 0.2) is 66.1 Å². The standard InChI is InChI=1S/C23H25N5O3S/c1-2-29-18-8-10-19(11-9-18)30-13-12-28-22-20(21(24)25-16-26-22)27-23(28)32-15-14-31-17-6-4-3-5-7-17/h3-11,16H,2,12-15H2,1H3,(H2,24,25,26). The van der Waals surface area contributed by atoms with Crippen molar-refractivity contribution in [2.24, 2.45) is 0 Å². The van der Waals surface area contributed by atoms with Crippen LogP contribution in [0.25, 0.3) is 11.2 Å². The van der Waals surface area contributed by atoms with E-state index in [1.54, 1.807) is 11.8 Å². The van der Waals surface area contributed by atoms with Crippen molar-refractivity contribution >= 4 is 28.7 Å². The molecule has 166 valence electrons. The van der Waals surface area contributed by atoms with Crippen LogP contribution in [-0.2, 0) is 6.54 Å². The Hall–Kier alpha value is -3.46. The molecular weight excluding hydrogens is 426 g/mol. The molecule has 0 saturated carbocycles. The molecule has 0 spiro atoms. The molecule has 9 heteroatoms. The van der Waals surface area contributed by atoms with Gasteiger partial charge in [0.2, 0.25) is 0 Å². The summed E-state index contributed by atoms with van der Waals surface area (Å²) in [5, 5.41) is 0.805. The summed E-state index contributed by atoms with van der Waals surface area (Å²) in [7, 11) is 0. The van der Waals surface area contributed by atoms with E-state index < -0.39 is 0 Å². The van der Waals surface area contributed by atoms with Gasteiger partial charge in [0, 0.05) is 5.75 Å². The third-order valence-corrected chi connectivity index (χ3v) is 5.51. The molecule has 0 aliphatic carbocycles. The lowest BCUT2D eigenvalue weighted by molar-refractivity contribution is 0.293. The SMILES string of the molecule is CCOc1ccc(OCCn2c(SCCOc3ccccc3)nc3c(N)ncnc32)cc1. The summed E-state index contributed by atoms with van der Waals surface area (Å²) in [6.45, 7) is 4.18. The number of nitrogen functional groups attached to an aromatic ring is 1. The Morgan fingerprint density at radius 3 is 2.31 bits per heavy atom. The van der Waals surface area contributed by atoms with Gasteiger partial charge in [0.05, 0.1) is 19.8 Å². The fourth-order valence-corrected chi connectivity index (χ4v) is 3.95. The van der Waals surface area contributed by atoms with Crippen molar-refractivity contribution in [3.05, 3.63) is 60.9 Å². The number of aromatic nitrogens is 4. The van der Waals surface area contributed by atoms with E-state index >= 15 is 0 Å². The highest BCUT2D eigenvalue weighted by atomic mass is 32.2. The van der Waals surface area contributed by atoms with E-state index in [0.717, 1.165) is 28.2 Å². The van der Waals surface area contributed by atoms with Crippen molar-refractivity contribution in [2.75, 3.05) is 31.3 Å². The molecule has 0 radical (unpaired) electrons. The van der Waals surface area contributed by atoms with Crippen molar-refractivity contribution < 1.29 is 14.2 Å². The van der Waals surface area contributed by atoms with Gasteiger partial charge in [-0.15, -0.1) is 0 Å². The molecule has 0 amide bonds. The Balaban J connectivity index is 1.40. The van der Waals surface area contributed by atoms with Crippen molar-refractivity contribution in [2.45, 2.75) is 18.6 Å². The maximum absolute atomic E-state index is 6.02. The second-order valence-electron chi connectivity index (χ2n) is 6.74. The molecule has 0 bridgehead atoms. The number of fused-ring (bicyclic) bond motifs is 1. The Morgan fingerprint density at radius 2 is 1.56 bits per heavy atom. The predicted molar refractivity (Wildman–Crippen MR) is 126 cm³/mol. The summed E-state index contributed by atoms with van der Waals surface area (Å²) in [4.78, 5) is 13.1. The highest BCUT2D eigenvalue weighted by molar-refractivity contribution is 7.99.